The van der Waals surface area contributed by atoms with Gasteiger partial charge in [0.05, 0.1) is 0 Å². The molecule has 0 aliphatic rings. The van der Waals surface area contributed by atoms with E-state index in [1.807, 2.05) is 0 Å². The Bertz CT molecular complexity index is 99.3. The van der Waals surface area contributed by atoms with Gasteiger partial charge in [0.1, 0.15) is 0 Å². The molecule has 0 saturated carbocycles. The summed E-state index contributed by atoms with van der Waals surface area (Å²) in [5.41, 5.74) is 0. The monoisotopic (exact) mass is 166 g/mol. The fourth-order valence-corrected chi connectivity index (χ4v) is 0.615. The van der Waals surface area contributed by atoms with Crippen molar-refractivity contribution in [1.82, 2.24) is 5.32 Å². The molecular weight excluding hydrogens is 158 g/mol. The maximum atomic E-state index is 10.2. The molecule has 0 aromatic heterocycles. The highest BCUT2D eigenvalue weighted by Crippen LogP contribution is 1.97. The number of rotatable bonds is 5. The minimum atomic E-state index is -0.108. The van der Waals surface area contributed by atoms with Crippen LogP contribution in [0, 0.1) is 0 Å². The summed E-state index contributed by atoms with van der Waals surface area (Å²) in [5, 5.41) is 14.8. The summed E-state index contributed by atoms with van der Waals surface area (Å²) in [5.74, 6) is 0.380. The van der Waals surface area contributed by atoms with E-state index < -0.39 is 0 Å². The van der Waals surface area contributed by atoms with Gasteiger partial charge >= 0.3 is 0 Å². The minimum absolute atomic E-state index is 0.108. The molecule has 6 heteroatoms. The quantitative estimate of drug-likeness (QED) is 0.245. The lowest BCUT2D eigenvalue weighted by molar-refractivity contribution is -0.777. The molecular formula is C4H8NO4S-. The largest absolute Gasteiger partial charge is 0.691 e. The molecule has 60 valence electrons. The minimum Gasteiger partial charge on any atom is -0.691 e. The summed E-state index contributed by atoms with van der Waals surface area (Å²) in [6, 6.07) is 0. The van der Waals surface area contributed by atoms with Crippen molar-refractivity contribution in [2.24, 2.45) is 0 Å². The number of hydrogen-bond acceptors (Lipinski definition) is 5. The van der Waals surface area contributed by atoms with E-state index >= 15 is 0 Å². The standard InChI is InChI=1S/C4H9NO4S/c1-4(6)5-2-3-10-9-8-7/h7H,2-3H2,1H3,(H,5,6)/p-1. The predicted octanol–water partition coefficient (Wildman–Crippen LogP) is -1.01. The molecule has 1 N–H and O–H groups in total. The van der Waals surface area contributed by atoms with Crippen LogP contribution in [0.1, 0.15) is 6.92 Å². The Balaban J connectivity index is 2.84. The molecule has 0 aliphatic heterocycles. The van der Waals surface area contributed by atoms with Crippen LogP contribution in [0.4, 0.5) is 0 Å². The highest BCUT2D eigenvalue weighted by atomic mass is 32.2. The van der Waals surface area contributed by atoms with Crippen LogP contribution in [0.2, 0.25) is 0 Å². The Kier molecular flexibility index (Phi) is 6.61. The van der Waals surface area contributed by atoms with E-state index in [9.17, 15) is 10.1 Å². The third-order valence-corrected chi connectivity index (χ3v) is 1.16. The Morgan fingerprint density at radius 1 is 1.80 bits per heavy atom. The molecule has 0 fully saturated rings. The lowest BCUT2D eigenvalue weighted by Gasteiger charge is -2.03. The van der Waals surface area contributed by atoms with Crippen LogP contribution >= 0.6 is 12.0 Å². The van der Waals surface area contributed by atoms with Crippen molar-refractivity contribution in [1.29, 1.82) is 0 Å². The van der Waals surface area contributed by atoms with Gasteiger partial charge < -0.3 is 10.6 Å². The molecule has 0 atom stereocenters. The Morgan fingerprint density at radius 3 is 3.00 bits per heavy atom. The van der Waals surface area contributed by atoms with Crippen molar-refractivity contribution in [2.75, 3.05) is 12.3 Å². The zero-order valence-corrected chi connectivity index (χ0v) is 6.27. The fraction of sp³-hybridized carbons (Fsp3) is 0.750. The highest BCUT2D eigenvalue weighted by molar-refractivity contribution is 7.94. The number of carbonyl (C=O) groups is 1. The normalized spacial score (nSPS) is 9.40. The maximum Gasteiger partial charge on any atom is 0.216 e. The summed E-state index contributed by atoms with van der Waals surface area (Å²) >= 11 is 0.846. The number of hydrogen-bond donors (Lipinski definition) is 1. The third-order valence-electron chi connectivity index (χ3n) is 0.635. The van der Waals surface area contributed by atoms with Gasteiger partial charge in [-0.3, -0.25) is 9.83 Å². The summed E-state index contributed by atoms with van der Waals surface area (Å²) in [6.45, 7) is 1.87. The highest BCUT2D eigenvalue weighted by Gasteiger charge is 1.90. The summed E-state index contributed by atoms with van der Waals surface area (Å²) < 4.78 is 3.93. The van der Waals surface area contributed by atoms with Crippen LogP contribution < -0.4 is 10.6 Å². The van der Waals surface area contributed by atoms with Crippen LogP contribution in [0.3, 0.4) is 0 Å². The van der Waals surface area contributed by atoms with E-state index in [0.717, 1.165) is 12.0 Å². The lowest BCUT2D eigenvalue weighted by atomic mass is 10.6. The lowest BCUT2D eigenvalue weighted by Crippen LogP contribution is -2.22. The number of carbonyl (C=O) groups excluding carboxylic acids is 1. The first-order valence-electron chi connectivity index (χ1n) is 2.60. The average molecular weight is 166 g/mol. The summed E-state index contributed by atoms with van der Waals surface area (Å²) in [7, 11) is 0. The molecule has 0 aromatic rings. The zero-order chi connectivity index (χ0) is 7.82. The molecule has 0 bridgehead atoms. The maximum absolute atomic E-state index is 10.2. The molecule has 0 aromatic carbocycles. The van der Waals surface area contributed by atoms with Crippen LogP contribution in [0.15, 0.2) is 0 Å². The number of nitrogens with one attached hydrogen (secondary N) is 1. The SMILES string of the molecule is CC(=O)NCCSOO[O-]. The van der Waals surface area contributed by atoms with Crippen LogP contribution in [0.5, 0.6) is 0 Å². The van der Waals surface area contributed by atoms with Gasteiger partial charge in [-0.25, -0.2) is 0 Å². The molecule has 5 nitrogen and oxygen atoms in total. The van der Waals surface area contributed by atoms with Crippen molar-refractivity contribution in [3.05, 3.63) is 0 Å². The van der Waals surface area contributed by atoms with E-state index in [-0.39, 0.29) is 5.91 Å². The topological polar surface area (TPSA) is 70.6 Å². The van der Waals surface area contributed by atoms with Crippen molar-refractivity contribution in [3.8, 4) is 0 Å². The van der Waals surface area contributed by atoms with Gasteiger partial charge in [0.2, 0.25) is 5.91 Å². The predicted molar refractivity (Wildman–Crippen MR) is 33.3 cm³/mol. The molecule has 0 aliphatic carbocycles. The van der Waals surface area contributed by atoms with Crippen molar-refractivity contribution in [3.63, 3.8) is 0 Å². The zero-order valence-electron chi connectivity index (χ0n) is 5.46. The number of amides is 1. The Labute approximate surface area is 62.8 Å². The molecule has 0 radical (unpaired) electrons. The third kappa shape index (κ3) is 7.70. The van der Waals surface area contributed by atoms with Crippen molar-refractivity contribution in [2.45, 2.75) is 6.92 Å². The van der Waals surface area contributed by atoms with Gasteiger partial charge in [-0.05, 0) is 0 Å². The van der Waals surface area contributed by atoms with Gasteiger partial charge in [0.15, 0.2) is 0 Å². The summed E-state index contributed by atoms with van der Waals surface area (Å²) in [4.78, 5) is 10.2. The molecule has 0 spiro atoms. The van der Waals surface area contributed by atoms with Gasteiger partial charge in [-0.15, -0.1) is 0 Å². The molecule has 1 amide bonds. The fourth-order valence-electron chi connectivity index (χ4n) is 0.322. The first kappa shape index (κ1) is 9.70. The van der Waals surface area contributed by atoms with Gasteiger partial charge in [0, 0.05) is 31.3 Å². The second-order valence-corrected chi connectivity index (χ2v) is 2.22. The van der Waals surface area contributed by atoms with Crippen LogP contribution in [-0.2, 0) is 14.2 Å². The molecule has 0 unspecified atom stereocenters. The van der Waals surface area contributed by atoms with Crippen molar-refractivity contribution >= 4 is 17.9 Å². The van der Waals surface area contributed by atoms with Crippen LogP contribution in [-0.4, -0.2) is 18.2 Å². The first-order valence-corrected chi connectivity index (χ1v) is 3.51. The van der Waals surface area contributed by atoms with Crippen LogP contribution in [0.25, 0.3) is 0 Å². The summed E-state index contributed by atoms with van der Waals surface area (Å²) in [6.07, 6.45) is 0. The van der Waals surface area contributed by atoms with Gasteiger partial charge in [0.25, 0.3) is 0 Å². The molecule has 0 saturated heterocycles. The van der Waals surface area contributed by atoms with Crippen molar-refractivity contribution < 1.29 is 19.4 Å². The second kappa shape index (κ2) is 6.81. The van der Waals surface area contributed by atoms with Gasteiger partial charge in [-0.2, -0.15) is 4.33 Å². The second-order valence-electron chi connectivity index (χ2n) is 1.44. The van der Waals surface area contributed by atoms with E-state index in [1.165, 1.54) is 6.92 Å². The first-order chi connectivity index (χ1) is 4.77. The Hall–Kier alpha value is -0.300. The molecule has 0 rings (SSSR count). The van der Waals surface area contributed by atoms with E-state index in [4.69, 9.17) is 0 Å². The average Bonchev–Trinajstić information content (AvgIpc) is 1.87. The van der Waals surface area contributed by atoms with Gasteiger partial charge in [-0.1, -0.05) is 0 Å². The molecule has 0 heterocycles. The van der Waals surface area contributed by atoms with E-state index in [1.54, 1.807) is 0 Å². The smallest absolute Gasteiger partial charge is 0.216 e. The van der Waals surface area contributed by atoms with E-state index in [2.05, 4.69) is 14.7 Å². The van der Waals surface area contributed by atoms with E-state index in [0.29, 0.717) is 12.3 Å². The molecule has 10 heavy (non-hydrogen) atoms. The Morgan fingerprint density at radius 2 is 2.50 bits per heavy atom.